The lowest BCUT2D eigenvalue weighted by Gasteiger charge is -2.36. The molecule has 2 fully saturated rings. The smallest absolute Gasteiger partial charge is 0.251 e. The zero-order valence-corrected chi connectivity index (χ0v) is 15.4. The second-order valence-corrected chi connectivity index (χ2v) is 8.32. The average molecular weight is 341 g/mol. The SMILES string of the molecule is O=C(NCC1CCCCC1)c1ccc2c(c1)CCN(C1CCC1)CC2. The van der Waals surface area contributed by atoms with Crippen molar-refractivity contribution < 1.29 is 4.79 Å². The number of nitrogens with one attached hydrogen (secondary N) is 1. The minimum Gasteiger partial charge on any atom is -0.352 e. The standard InChI is InChI=1S/C22H32N2O/c25-22(23-16-17-5-2-1-3-6-17)20-10-9-18-11-13-24(21-7-4-8-21)14-12-19(18)15-20/h9-10,15,17,21H,1-8,11-14,16H2,(H,23,25). The molecule has 2 aliphatic carbocycles. The van der Waals surface area contributed by atoms with Crippen LogP contribution in [0.2, 0.25) is 0 Å². The van der Waals surface area contributed by atoms with Crippen LogP contribution in [0, 0.1) is 5.92 Å². The minimum atomic E-state index is 0.119. The molecular formula is C22H32N2O. The van der Waals surface area contributed by atoms with E-state index in [1.165, 1.54) is 69.0 Å². The van der Waals surface area contributed by atoms with Crippen molar-refractivity contribution in [3.05, 3.63) is 34.9 Å². The molecule has 0 spiro atoms. The number of nitrogens with zero attached hydrogens (tertiary/aromatic N) is 1. The molecule has 0 bridgehead atoms. The Bertz CT molecular complexity index is 602. The van der Waals surface area contributed by atoms with Crippen LogP contribution in [0.25, 0.3) is 0 Å². The van der Waals surface area contributed by atoms with Crippen LogP contribution in [-0.2, 0) is 12.8 Å². The van der Waals surface area contributed by atoms with E-state index >= 15 is 0 Å². The van der Waals surface area contributed by atoms with Crippen molar-refractivity contribution >= 4 is 5.91 Å². The minimum absolute atomic E-state index is 0.119. The highest BCUT2D eigenvalue weighted by Crippen LogP contribution is 2.28. The number of amides is 1. The lowest BCUT2D eigenvalue weighted by Crippen LogP contribution is -2.41. The zero-order valence-electron chi connectivity index (χ0n) is 15.4. The summed E-state index contributed by atoms with van der Waals surface area (Å²) in [5.74, 6) is 0.808. The van der Waals surface area contributed by atoms with Crippen molar-refractivity contribution in [2.75, 3.05) is 19.6 Å². The van der Waals surface area contributed by atoms with Crippen molar-refractivity contribution in [1.29, 1.82) is 0 Å². The summed E-state index contributed by atoms with van der Waals surface area (Å²) in [6, 6.07) is 7.23. The summed E-state index contributed by atoms with van der Waals surface area (Å²) in [7, 11) is 0. The second kappa shape index (κ2) is 7.90. The molecule has 1 aromatic rings. The van der Waals surface area contributed by atoms with E-state index in [2.05, 4.69) is 22.3 Å². The van der Waals surface area contributed by atoms with Crippen molar-refractivity contribution in [2.24, 2.45) is 5.92 Å². The molecule has 4 rings (SSSR count). The van der Waals surface area contributed by atoms with E-state index in [-0.39, 0.29) is 5.91 Å². The highest BCUT2D eigenvalue weighted by Gasteiger charge is 2.26. The molecule has 2 saturated carbocycles. The summed E-state index contributed by atoms with van der Waals surface area (Å²) >= 11 is 0. The Morgan fingerprint density at radius 2 is 1.72 bits per heavy atom. The quantitative estimate of drug-likeness (QED) is 0.900. The van der Waals surface area contributed by atoms with Crippen molar-refractivity contribution in [3.8, 4) is 0 Å². The van der Waals surface area contributed by atoms with Crippen LogP contribution >= 0.6 is 0 Å². The molecule has 136 valence electrons. The maximum Gasteiger partial charge on any atom is 0.251 e. The summed E-state index contributed by atoms with van der Waals surface area (Å²) in [5.41, 5.74) is 3.70. The van der Waals surface area contributed by atoms with Crippen molar-refractivity contribution in [1.82, 2.24) is 10.2 Å². The first kappa shape index (κ1) is 17.1. The van der Waals surface area contributed by atoms with Gasteiger partial charge in [0.15, 0.2) is 0 Å². The fraction of sp³-hybridized carbons (Fsp3) is 0.682. The molecule has 0 saturated heterocycles. The van der Waals surface area contributed by atoms with Gasteiger partial charge in [-0.3, -0.25) is 9.69 Å². The largest absolute Gasteiger partial charge is 0.352 e. The number of carbonyl (C=O) groups excluding carboxylic acids is 1. The van der Waals surface area contributed by atoms with Gasteiger partial charge in [0.1, 0.15) is 0 Å². The van der Waals surface area contributed by atoms with Gasteiger partial charge in [-0.1, -0.05) is 31.7 Å². The van der Waals surface area contributed by atoms with Crippen LogP contribution in [-0.4, -0.2) is 36.5 Å². The van der Waals surface area contributed by atoms with Crippen LogP contribution < -0.4 is 5.32 Å². The van der Waals surface area contributed by atoms with Gasteiger partial charge >= 0.3 is 0 Å². The van der Waals surface area contributed by atoms with Crippen LogP contribution in [0.1, 0.15) is 72.9 Å². The van der Waals surface area contributed by atoms with Crippen LogP contribution in [0.5, 0.6) is 0 Å². The van der Waals surface area contributed by atoms with Crippen molar-refractivity contribution in [3.63, 3.8) is 0 Å². The molecule has 0 aromatic heterocycles. The summed E-state index contributed by atoms with van der Waals surface area (Å²) < 4.78 is 0. The van der Waals surface area contributed by atoms with Gasteiger partial charge in [-0.15, -0.1) is 0 Å². The Hall–Kier alpha value is -1.35. The number of hydrogen-bond acceptors (Lipinski definition) is 2. The van der Waals surface area contributed by atoms with Gasteiger partial charge in [0.05, 0.1) is 0 Å². The van der Waals surface area contributed by atoms with E-state index in [0.717, 1.165) is 37.5 Å². The summed E-state index contributed by atoms with van der Waals surface area (Å²) in [6.45, 7) is 3.20. The third-order valence-corrected chi connectivity index (χ3v) is 6.67. The highest BCUT2D eigenvalue weighted by molar-refractivity contribution is 5.94. The molecule has 0 radical (unpaired) electrons. The Morgan fingerprint density at radius 3 is 2.44 bits per heavy atom. The van der Waals surface area contributed by atoms with Gasteiger partial charge in [-0.05, 0) is 67.7 Å². The fourth-order valence-electron chi connectivity index (χ4n) is 4.73. The van der Waals surface area contributed by atoms with Gasteiger partial charge in [0.25, 0.3) is 5.91 Å². The predicted octanol–water partition coefficient (Wildman–Crippen LogP) is 3.95. The van der Waals surface area contributed by atoms with Crippen LogP contribution in [0.4, 0.5) is 0 Å². The van der Waals surface area contributed by atoms with Gasteiger partial charge < -0.3 is 5.32 Å². The number of rotatable bonds is 4. The van der Waals surface area contributed by atoms with Gasteiger partial charge in [-0.2, -0.15) is 0 Å². The first-order chi connectivity index (χ1) is 12.3. The number of fused-ring (bicyclic) bond motifs is 1. The van der Waals surface area contributed by atoms with Crippen LogP contribution in [0.3, 0.4) is 0 Å². The Labute approximate surface area is 152 Å². The van der Waals surface area contributed by atoms with E-state index in [4.69, 9.17) is 0 Å². The summed E-state index contributed by atoms with van der Waals surface area (Å²) in [5, 5.41) is 3.19. The fourth-order valence-corrected chi connectivity index (χ4v) is 4.73. The van der Waals surface area contributed by atoms with E-state index in [1.54, 1.807) is 0 Å². The predicted molar refractivity (Wildman–Crippen MR) is 102 cm³/mol. The molecule has 1 N–H and O–H groups in total. The molecule has 1 aliphatic heterocycles. The van der Waals surface area contributed by atoms with E-state index in [9.17, 15) is 4.79 Å². The first-order valence-electron chi connectivity index (χ1n) is 10.4. The molecule has 0 unspecified atom stereocenters. The first-order valence-corrected chi connectivity index (χ1v) is 10.4. The maximum absolute atomic E-state index is 12.6. The second-order valence-electron chi connectivity index (χ2n) is 8.32. The molecule has 3 nitrogen and oxygen atoms in total. The Balaban J connectivity index is 1.35. The molecule has 1 aromatic carbocycles. The molecule has 3 aliphatic rings. The zero-order chi connectivity index (χ0) is 17.1. The maximum atomic E-state index is 12.6. The number of hydrogen-bond donors (Lipinski definition) is 1. The van der Waals surface area contributed by atoms with Gasteiger partial charge in [-0.25, -0.2) is 0 Å². The third-order valence-electron chi connectivity index (χ3n) is 6.67. The molecule has 3 heteroatoms. The molecule has 1 amide bonds. The Kier molecular flexibility index (Phi) is 5.40. The van der Waals surface area contributed by atoms with E-state index in [0.29, 0.717) is 5.92 Å². The summed E-state index contributed by atoms with van der Waals surface area (Å²) in [4.78, 5) is 15.2. The Morgan fingerprint density at radius 1 is 0.960 bits per heavy atom. The third kappa shape index (κ3) is 4.08. The van der Waals surface area contributed by atoms with Crippen molar-refractivity contribution in [2.45, 2.75) is 70.3 Å². The van der Waals surface area contributed by atoms with E-state index in [1.807, 2.05) is 6.07 Å². The monoisotopic (exact) mass is 340 g/mol. The lowest BCUT2D eigenvalue weighted by molar-refractivity contribution is 0.0943. The van der Waals surface area contributed by atoms with E-state index < -0.39 is 0 Å². The highest BCUT2D eigenvalue weighted by atomic mass is 16.1. The lowest BCUT2D eigenvalue weighted by atomic mass is 9.89. The molecule has 25 heavy (non-hydrogen) atoms. The molecular weight excluding hydrogens is 308 g/mol. The molecule has 1 heterocycles. The van der Waals surface area contributed by atoms with Crippen LogP contribution in [0.15, 0.2) is 18.2 Å². The summed E-state index contributed by atoms with van der Waals surface area (Å²) in [6.07, 6.45) is 13.0. The number of benzene rings is 1. The van der Waals surface area contributed by atoms with Gasteiger partial charge in [0.2, 0.25) is 0 Å². The number of carbonyl (C=O) groups is 1. The topological polar surface area (TPSA) is 32.3 Å². The van der Waals surface area contributed by atoms with Gasteiger partial charge in [0, 0.05) is 31.2 Å². The molecule has 0 atom stereocenters. The normalized spacial score (nSPS) is 22.7. The average Bonchev–Trinajstić information content (AvgIpc) is 2.81.